The Morgan fingerprint density at radius 1 is 0.382 bits per heavy atom. The van der Waals surface area contributed by atoms with Gasteiger partial charge in [-0.05, 0) is 81.9 Å². The van der Waals surface area contributed by atoms with Gasteiger partial charge in [0, 0.05) is 0 Å². The molecule has 4 aromatic rings. The zero-order valence-corrected chi connectivity index (χ0v) is 19.9. The van der Waals surface area contributed by atoms with Gasteiger partial charge in [-0.3, -0.25) is 0 Å². The summed E-state index contributed by atoms with van der Waals surface area (Å²) in [7, 11) is 6.71. The highest BCUT2D eigenvalue weighted by molar-refractivity contribution is 6.04. The van der Waals surface area contributed by atoms with E-state index < -0.39 is 0 Å². The van der Waals surface area contributed by atoms with E-state index in [1.165, 1.54) is 0 Å². The highest BCUT2D eigenvalue weighted by Gasteiger charge is 2.18. The van der Waals surface area contributed by atoms with Crippen LogP contribution >= 0.6 is 0 Å². The number of rotatable bonds is 8. The van der Waals surface area contributed by atoms with Gasteiger partial charge in [0.1, 0.15) is 23.0 Å². The van der Waals surface area contributed by atoms with Crippen LogP contribution in [0.3, 0.4) is 0 Å². The lowest BCUT2D eigenvalue weighted by Crippen LogP contribution is -1.99. The Bertz CT molecular complexity index is 1170. The van der Waals surface area contributed by atoms with Gasteiger partial charge in [0.15, 0.2) is 0 Å². The molecule has 0 amide bonds. The molecule has 4 rings (SSSR count). The highest BCUT2D eigenvalue weighted by atomic mass is 16.5. The molecule has 0 aliphatic heterocycles. The predicted molar refractivity (Wildman–Crippen MR) is 137 cm³/mol. The molecule has 4 nitrogen and oxygen atoms in total. The van der Waals surface area contributed by atoms with E-state index >= 15 is 0 Å². The fraction of sp³-hybridized carbons (Fsp3) is 0.133. The average Bonchev–Trinajstić information content (AvgIpc) is 2.92. The Morgan fingerprint density at radius 2 is 0.735 bits per heavy atom. The van der Waals surface area contributed by atoms with Crippen LogP contribution in [0.4, 0.5) is 0 Å². The normalized spacial score (nSPS) is 11.4. The van der Waals surface area contributed by atoms with Crippen molar-refractivity contribution in [3.63, 3.8) is 0 Å². The van der Waals surface area contributed by atoms with Crippen LogP contribution in [0.2, 0.25) is 0 Å². The van der Waals surface area contributed by atoms with Gasteiger partial charge in [0.2, 0.25) is 0 Å². The summed E-state index contributed by atoms with van der Waals surface area (Å²) in [4.78, 5) is 0. The van der Waals surface area contributed by atoms with Crippen molar-refractivity contribution in [1.82, 2.24) is 0 Å². The fourth-order valence-corrected chi connectivity index (χ4v) is 3.98. The van der Waals surface area contributed by atoms with Gasteiger partial charge in [-0.2, -0.15) is 0 Å². The van der Waals surface area contributed by atoms with E-state index in [1.54, 1.807) is 28.4 Å². The summed E-state index contributed by atoms with van der Waals surface area (Å²) >= 11 is 0. The Hall–Kier alpha value is -4.18. The first-order valence-corrected chi connectivity index (χ1v) is 11.0. The lowest BCUT2D eigenvalue weighted by Gasteiger charge is -2.19. The SMILES string of the molecule is COc1ccc(/C(=C(/c2ccc(OC)cc2)c2cccc(OC)c2)c2cccc(OC)c2)cc1. The van der Waals surface area contributed by atoms with Crippen molar-refractivity contribution < 1.29 is 18.9 Å². The standard InChI is InChI=1S/C30H28O4/c1-31-25-15-11-21(12-16-25)29(23-7-5-9-27(19-23)33-3)30(22-13-17-26(32-2)18-14-22)24-8-6-10-28(20-24)34-4/h5-20H,1-4H3/b30-29+. The maximum Gasteiger partial charge on any atom is 0.119 e. The molecule has 0 unspecified atom stereocenters. The summed E-state index contributed by atoms with van der Waals surface area (Å²) in [5.41, 5.74) is 6.33. The minimum Gasteiger partial charge on any atom is -0.497 e. The van der Waals surface area contributed by atoms with Gasteiger partial charge >= 0.3 is 0 Å². The summed E-state index contributed by atoms with van der Waals surface area (Å²) in [5, 5.41) is 0. The van der Waals surface area contributed by atoms with E-state index in [-0.39, 0.29) is 0 Å². The molecule has 4 heteroatoms. The molecule has 0 fully saturated rings. The Balaban J connectivity index is 2.08. The molecule has 34 heavy (non-hydrogen) atoms. The van der Waals surface area contributed by atoms with Crippen molar-refractivity contribution in [2.45, 2.75) is 0 Å². The van der Waals surface area contributed by atoms with Gasteiger partial charge in [0.25, 0.3) is 0 Å². The first-order valence-electron chi connectivity index (χ1n) is 11.0. The van der Waals surface area contributed by atoms with E-state index in [9.17, 15) is 0 Å². The molecule has 0 aliphatic rings. The molecular weight excluding hydrogens is 424 g/mol. The second-order valence-electron chi connectivity index (χ2n) is 7.67. The van der Waals surface area contributed by atoms with Gasteiger partial charge in [-0.1, -0.05) is 48.5 Å². The van der Waals surface area contributed by atoms with Crippen LogP contribution in [0.25, 0.3) is 11.1 Å². The average molecular weight is 453 g/mol. The number of methoxy groups -OCH3 is 4. The molecule has 0 N–H and O–H groups in total. The Labute approximate surface area is 201 Å². The summed E-state index contributed by atoms with van der Waals surface area (Å²) in [6.07, 6.45) is 0. The zero-order valence-electron chi connectivity index (χ0n) is 19.9. The molecule has 0 saturated carbocycles. The lowest BCUT2D eigenvalue weighted by atomic mass is 9.85. The third-order valence-electron chi connectivity index (χ3n) is 5.72. The fourth-order valence-electron chi connectivity index (χ4n) is 3.98. The van der Waals surface area contributed by atoms with E-state index in [4.69, 9.17) is 18.9 Å². The van der Waals surface area contributed by atoms with E-state index in [2.05, 4.69) is 48.5 Å². The molecule has 0 heterocycles. The van der Waals surface area contributed by atoms with Crippen LogP contribution in [-0.2, 0) is 0 Å². The number of ether oxygens (including phenoxy) is 4. The monoisotopic (exact) mass is 452 g/mol. The maximum absolute atomic E-state index is 5.56. The summed E-state index contributed by atoms with van der Waals surface area (Å²) in [5.74, 6) is 3.20. The van der Waals surface area contributed by atoms with Crippen LogP contribution in [0.15, 0.2) is 97.1 Å². The molecule has 0 saturated heterocycles. The first-order chi connectivity index (χ1) is 16.7. The summed E-state index contributed by atoms with van der Waals surface area (Å²) < 4.78 is 21.9. The van der Waals surface area contributed by atoms with Crippen LogP contribution in [0.1, 0.15) is 22.3 Å². The summed E-state index contributed by atoms with van der Waals surface area (Å²) in [6.45, 7) is 0. The second-order valence-corrected chi connectivity index (χ2v) is 7.67. The maximum atomic E-state index is 5.56. The second kappa shape index (κ2) is 10.6. The predicted octanol–water partition coefficient (Wildman–Crippen LogP) is 6.73. The molecule has 172 valence electrons. The molecule has 4 aromatic carbocycles. The van der Waals surface area contributed by atoms with Crippen LogP contribution < -0.4 is 18.9 Å². The largest absolute Gasteiger partial charge is 0.497 e. The summed E-state index contributed by atoms with van der Waals surface area (Å²) in [6, 6.07) is 32.5. The van der Waals surface area contributed by atoms with Gasteiger partial charge < -0.3 is 18.9 Å². The Kier molecular flexibility index (Phi) is 7.19. The minimum absolute atomic E-state index is 0.795. The van der Waals surface area contributed by atoms with Gasteiger partial charge in [-0.15, -0.1) is 0 Å². The van der Waals surface area contributed by atoms with Crippen molar-refractivity contribution in [3.8, 4) is 23.0 Å². The third kappa shape index (κ3) is 4.91. The highest BCUT2D eigenvalue weighted by Crippen LogP contribution is 2.39. The smallest absolute Gasteiger partial charge is 0.119 e. The van der Waals surface area contributed by atoms with E-state index in [0.717, 1.165) is 56.4 Å². The zero-order chi connectivity index (χ0) is 23.9. The third-order valence-corrected chi connectivity index (χ3v) is 5.72. The molecule has 0 spiro atoms. The number of hydrogen-bond donors (Lipinski definition) is 0. The van der Waals surface area contributed by atoms with Gasteiger partial charge in [-0.25, -0.2) is 0 Å². The molecular formula is C30H28O4. The van der Waals surface area contributed by atoms with Gasteiger partial charge in [0.05, 0.1) is 28.4 Å². The van der Waals surface area contributed by atoms with Crippen LogP contribution in [-0.4, -0.2) is 28.4 Å². The van der Waals surface area contributed by atoms with Crippen molar-refractivity contribution in [3.05, 3.63) is 119 Å². The molecule has 0 radical (unpaired) electrons. The van der Waals surface area contributed by atoms with E-state index in [0.29, 0.717) is 0 Å². The molecule has 0 atom stereocenters. The minimum atomic E-state index is 0.795. The molecule has 0 aliphatic carbocycles. The molecule has 0 aromatic heterocycles. The van der Waals surface area contributed by atoms with E-state index in [1.807, 2.05) is 48.5 Å². The van der Waals surface area contributed by atoms with Crippen molar-refractivity contribution in [2.24, 2.45) is 0 Å². The topological polar surface area (TPSA) is 36.9 Å². The number of hydrogen-bond acceptors (Lipinski definition) is 4. The van der Waals surface area contributed by atoms with Crippen LogP contribution in [0, 0.1) is 0 Å². The lowest BCUT2D eigenvalue weighted by molar-refractivity contribution is 0.414. The first kappa shape index (κ1) is 23.0. The quantitative estimate of drug-likeness (QED) is 0.278. The number of benzene rings is 4. The van der Waals surface area contributed by atoms with Crippen LogP contribution in [0.5, 0.6) is 23.0 Å². The Morgan fingerprint density at radius 3 is 1.06 bits per heavy atom. The molecule has 0 bridgehead atoms. The van der Waals surface area contributed by atoms with Crippen molar-refractivity contribution >= 4 is 11.1 Å². The van der Waals surface area contributed by atoms with Crippen molar-refractivity contribution in [2.75, 3.05) is 28.4 Å². The van der Waals surface area contributed by atoms with Crippen molar-refractivity contribution in [1.29, 1.82) is 0 Å².